The molecule has 0 N–H and O–H groups in total. The van der Waals surface area contributed by atoms with E-state index in [9.17, 15) is 4.79 Å². The van der Waals surface area contributed by atoms with Gasteiger partial charge in [-0.2, -0.15) is 0 Å². The Hall–Kier alpha value is -1.74. The van der Waals surface area contributed by atoms with E-state index in [0.29, 0.717) is 17.6 Å². The van der Waals surface area contributed by atoms with Crippen molar-refractivity contribution < 1.29 is 4.79 Å². The molecule has 0 saturated carbocycles. The molecule has 1 aliphatic rings. The average Bonchev–Trinajstić information content (AvgIpc) is 2.68. The molecule has 25 heavy (non-hydrogen) atoms. The number of Topliss-reactive ketones (excluding diaryl/α,β-unsaturated/α-hetero) is 1. The third-order valence-corrected chi connectivity index (χ3v) is 10.5. The Bertz CT molecular complexity index is 732. The number of hydrogen-bond acceptors (Lipinski definition) is 3. The average molecular weight is 448 g/mol. The second kappa shape index (κ2) is 9.67. The molecule has 1 fully saturated rings. The van der Waals surface area contributed by atoms with Crippen LogP contribution in [-0.4, -0.2) is 20.9 Å². The van der Waals surface area contributed by atoms with E-state index in [1.54, 1.807) is 18.3 Å². The second-order valence-electron chi connectivity index (χ2n) is 6.03. The molecular weight excluding hydrogens is 423 g/mol. The summed E-state index contributed by atoms with van der Waals surface area (Å²) in [6.45, 7) is 8.00. The molecule has 0 spiro atoms. The van der Waals surface area contributed by atoms with Crippen molar-refractivity contribution in [2.75, 3.05) is 8.86 Å². The topological polar surface area (TPSA) is 53.2 Å². The molecule has 3 nitrogen and oxygen atoms in total. The van der Waals surface area contributed by atoms with Crippen LogP contribution >= 0.6 is 19.8 Å². The van der Waals surface area contributed by atoms with Crippen LogP contribution in [0.5, 0.6) is 0 Å². The van der Waals surface area contributed by atoms with Gasteiger partial charge in [-0.15, -0.1) is 0 Å². The van der Waals surface area contributed by atoms with Crippen LogP contribution in [0.1, 0.15) is 50.7 Å². The molecule has 0 radical (unpaired) electrons. The van der Waals surface area contributed by atoms with Gasteiger partial charge in [0.05, 0.1) is 0 Å². The molecule has 1 aliphatic heterocycles. The van der Waals surface area contributed by atoms with E-state index in [2.05, 4.69) is 17.6 Å². The molecule has 0 unspecified atom stereocenters. The van der Waals surface area contributed by atoms with Crippen LogP contribution < -0.4 is 0 Å². The van der Waals surface area contributed by atoms with E-state index in [0.717, 1.165) is 14.8 Å². The first-order valence-corrected chi connectivity index (χ1v) is 12.8. The van der Waals surface area contributed by atoms with Crippen molar-refractivity contribution in [1.29, 1.82) is 5.26 Å². The number of ketones is 1. The van der Waals surface area contributed by atoms with Crippen molar-refractivity contribution in [2.45, 2.75) is 39.5 Å². The van der Waals surface area contributed by atoms with Gasteiger partial charge in [0.2, 0.25) is 0 Å². The van der Waals surface area contributed by atoms with Gasteiger partial charge < -0.3 is 0 Å². The summed E-state index contributed by atoms with van der Waals surface area (Å²) in [4.78, 5) is 17.0. The molecule has 2 rings (SSSR count). The van der Waals surface area contributed by atoms with Gasteiger partial charge in [-0.05, 0) is 0 Å². The van der Waals surface area contributed by atoms with Crippen molar-refractivity contribution in [3.05, 3.63) is 51.2 Å². The van der Waals surface area contributed by atoms with Crippen molar-refractivity contribution in [3.63, 3.8) is 0 Å². The zero-order valence-corrected chi connectivity index (χ0v) is 17.2. The number of carbonyl (C=O) groups excluding carboxylic acids is 1. The molecule has 1 aromatic rings. The molecule has 4 heteroatoms. The fourth-order valence-electron chi connectivity index (χ4n) is 2.72. The van der Waals surface area contributed by atoms with Crippen molar-refractivity contribution in [2.24, 2.45) is 4.99 Å². The van der Waals surface area contributed by atoms with Gasteiger partial charge in [0.25, 0.3) is 0 Å². The minimum atomic E-state index is -1.18. The maximum atomic E-state index is 12.4. The monoisotopic (exact) mass is 448 g/mol. The SMILES string of the molecule is C=C(N=C/C(C(=O)CC)=C(\C)c1ccc(C#N)cc1)I1CCCCC1. The number of benzene rings is 1. The Kier molecular flexibility index (Phi) is 7.57. The molecule has 0 aromatic heterocycles. The molecule has 1 aromatic carbocycles. The third-order valence-electron chi connectivity index (χ3n) is 4.34. The number of rotatable bonds is 6. The van der Waals surface area contributed by atoms with Crippen LogP contribution in [-0.2, 0) is 4.79 Å². The number of aliphatic imine (C=N–C) groups is 1. The molecule has 0 amide bonds. The molecule has 1 heterocycles. The molecule has 0 atom stereocenters. The molecular formula is C21H25IN2O. The van der Waals surface area contributed by atoms with Crippen LogP contribution in [0.2, 0.25) is 0 Å². The number of allylic oxidation sites excluding steroid dienone is 2. The van der Waals surface area contributed by atoms with Gasteiger partial charge in [-0.3, -0.25) is 0 Å². The van der Waals surface area contributed by atoms with E-state index < -0.39 is 19.8 Å². The van der Waals surface area contributed by atoms with E-state index >= 15 is 0 Å². The number of nitriles is 1. The first kappa shape index (κ1) is 19.6. The summed E-state index contributed by atoms with van der Waals surface area (Å²) < 4.78 is 3.64. The fourth-order valence-corrected chi connectivity index (χ4v) is 7.96. The minimum absolute atomic E-state index is 0.0888. The van der Waals surface area contributed by atoms with E-state index in [-0.39, 0.29) is 5.78 Å². The first-order valence-electron chi connectivity index (χ1n) is 8.66. The Labute approximate surface area is 157 Å². The number of alkyl halides is 2. The summed E-state index contributed by atoms with van der Waals surface area (Å²) in [5, 5.41) is 8.93. The predicted octanol–water partition coefficient (Wildman–Crippen LogP) is 5.54. The van der Waals surface area contributed by atoms with Gasteiger partial charge in [0.15, 0.2) is 0 Å². The van der Waals surface area contributed by atoms with Gasteiger partial charge >= 0.3 is 158 Å². The summed E-state index contributed by atoms with van der Waals surface area (Å²) in [6.07, 6.45) is 6.13. The molecule has 0 aliphatic carbocycles. The van der Waals surface area contributed by atoms with Crippen molar-refractivity contribution >= 4 is 37.4 Å². The first-order chi connectivity index (χ1) is 12.1. The standard InChI is InChI=1S/C21H25IN2O/c1-4-21(25)20(15-24-17(3)22-12-6-5-7-13-22)16(2)19-10-8-18(14-23)9-11-19/h8-11,15H,3-7,12-13H2,1-2H3/b20-16-,24-15?. The zero-order chi connectivity index (χ0) is 18.2. The summed E-state index contributed by atoms with van der Waals surface area (Å²) in [7, 11) is 0. The summed E-state index contributed by atoms with van der Waals surface area (Å²) in [5.41, 5.74) is 3.12. The number of hydrogen-bond donors (Lipinski definition) is 0. The Morgan fingerprint density at radius 3 is 2.48 bits per heavy atom. The quantitative estimate of drug-likeness (QED) is 0.189. The van der Waals surface area contributed by atoms with Gasteiger partial charge in [0.1, 0.15) is 0 Å². The number of nitrogens with zero attached hydrogens (tertiary/aromatic N) is 2. The van der Waals surface area contributed by atoms with Crippen LogP contribution in [0, 0.1) is 11.3 Å². The van der Waals surface area contributed by atoms with Gasteiger partial charge in [0, 0.05) is 0 Å². The van der Waals surface area contributed by atoms with Crippen LogP contribution in [0.15, 0.2) is 45.1 Å². The number of carbonyl (C=O) groups is 1. The Balaban J connectivity index is 2.27. The Morgan fingerprint density at radius 1 is 1.28 bits per heavy atom. The molecule has 0 bridgehead atoms. The molecule has 132 valence electrons. The molecule has 1 saturated heterocycles. The van der Waals surface area contributed by atoms with Crippen LogP contribution in [0.25, 0.3) is 5.57 Å². The van der Waals surface area contributed by atoms with Gasteiger partial charge in [-0.25, -0.2) is 0 Å². The fraction of sp³-hybridized carbons (Fsp3) is 0.381. The van der Waals surface area contributed by atoms with E-state index in [1.165, 1.54) is 28.1 Å². The van der Waals surface area contributed by atoms with Crippen LogP contribution in [0.4, 0.5) is 0 Å². The summed E-state index contributed by atoms with van der Waals surface area (Å²) in [6, 6.07) is 9.44. The van der Waals surface area contributed by atoms with Gasteiger partial charge in [-0.1, -0.05) is 0 Å². The normalized spacial score (nSPS) is 17.1. The Morgan fingerprint density at radius 2 is 1.92 bits per heavy atom. The van der Waals surface area contributed by atoms with Crippen LogP contribution in [0.3, 0.4) is 0 Å². The predicted molar refractivity (Wildman–Crippen MR) is 114 cm³/mol. The van der Waals surface area contributed by atoms with Crippen molar-refractivity contribution in [1.82, 2.24) is 0 Å². The maximum absolute atomic E-state index is 12.4. The van der Waals surface area contributed by atoms with E-state index in [4.69, 9.17) is 5.26 Å². The zero-order valence-electron chi connectivity index (χ0n) is 15.0. The second-order valence-corrected chi connectivity index (χ2v) is 12.0. The summed E-state index contributed by atoms with van der Waals surface area (Å²) in [5.74, 6) is 0.0888. The van der Waals surface area contributed by atoms with E-state index in [1.807, 2.05) is 26.0 Å². The third kappa shape index (κ3) is 5.37. The number of halogens is 1. The van der Waals surface area contributed by atoms with Crippen molar-refractivity contribution in [3.8, 4) is 6.07 Å². The summed E-state index contributed by atoms with van der Waals surface area (Å²) >= 11 is -1.18.